The molecule has 1 saturated heterocycles. The van der Waals surface area contributed by atoms with E-state index in [2.05, 4.69) is 6.58 Å². The summed E-state index contributed by atoms with van der Waals surface area (Å²) in [5, 5.41) is 0.968. The van der Waals surface area contributed by atoms with Gasteiger partial charge in [-0.3, -0.25) is 4.79 Å². The first-order chi connectivity index (χ1) is 9.65. The van der Waals surface area contributed by atoms with Gasteiger partial charge in [-0.15, -0.1) is 5.06 Å². The zero-order chi connectivity index (χ0) is 14.8. The number of rotatable bonds is 10. The molecule has 0 saturated carbocycles. The summed E-state index contributed by atoms with van der Waals surface area (Å²) in [5.74, 6) is -0.752. The lowest BCUT2D eigenvalue weighted by atomic mass is 10.3. The molecule has 0 spiro atoms. The minimum Gasteiger partial charge on any atom is -0.382 e. The summed E-state index contributed by atoms with van der Waals surface area (Å²) < 4.78 is 15.2. The molecule has 0 radical (unpaired) electrons. The number of nitrogens with zero attached hydrogens (tertiary/aromatic N) is 1. The zero-order valence-electron chi connectivity index (χ0n) is 11.8. The first-order valence-corrected chi connectivity index (χ1v) is 6.51. The van der Waals surface area contributed by atoms with E-state index in [-0.39, 0.29) is 18.9 Å². The molecule has 0 aromatic rings. The maximum Gasteiger partial charge on any atom is 0.335 e. The highest BCUT2D eigenvalue weighted by atomic mass is 16.7. The van der Waals surface area contributed by atoms with E-state index >= 15 is 0 Å². The van der Waals surface area contributed by atoms with Crippen LogP contribution in [-0.4, -0.2) is 57.1 Å². The molecule has 0 aromatic carbocycles. The number of allylic oxidation sites excluding steroid dienone is 1. The summed E-state index contributed by atoms with van der Waals surface area (Å²) in [6.07, 6.45) is 0.942. The monoisotopic (exact) mass is 287 g/mol. The zero-order valence-corrected chi connectivity index (χ0v) is 11.8. The Balaban J connectivity index is 2.00. The van der Waals surface area contributed by atoms with E-state index in [1.807, 2.05) is 0 Å². The van der Waals surface area contributed by atoms with Crippen LogP contribution in [0.4, 0.5) is 0 Å². The molecule has 0 atom stereocenters. The molecule has 0 aromatic heterocycles. The maximum atomic E-state index is 11.5. The highest BCUT2D eigenvalue weighted by molar-refractivity contribution is 5.82. The van der Waals surface area contributed by atoms with Gasteiger partial charge in [-0.1, -0.05) is 6.58 Å². The first-order valence-electron chi connectivity index (χ1n) is 6.51. The molecule has 1 rings (SSSR count). The highest BCUT2D eigenvalue weighted by Gasteiger charge is 2.27. The van der Waals surface area contributed by atoms with Crippen LogP contribution in [0, 0.1) is 0 Å². The van der Waals surface area contributed by atoms with E-state index in [0.29, 0.717) is 45.0 Å². The first kappa shape index (κ1) is 16.6. The average molecular weight is 287 g/mol. The topological polar surface area (TPSA) is 74.3 Å². The third-order valence-electron chi connectivity index (χ3n) is 2.59. The minimum absolute atomic E-state index is 0.0785. The van der Waals surface area contributed by atoms with Crippen molar-refractivity contribution in [2.45, 2.75) is 19.3 Å². The van der Waals surface area contributed by atoms with Crippen LogP contribution >= 0.6 is 0 Å². The Hall–Kier alpha value is -1.44. The van der Waals surface area contributed by atoms with Crippen molar-refractivity contribution >= 4 is 11.9 Å². The van der Waals surface area contributed by atoms with E-state index in [4.69, 9.17) is 19.0 Å². The summed E-state index contributed by atoms with van der Waals surface area (Å²) in [5.41, 5.74) is 0.510. The second kappa shape index (κ2) is 9.46. The Morgan fingerprint density at radius 3 is 2.40 bits per heavy atom. The van der Waals surface area contributed by atoms with Gasteiger partial charge in [0.25, 0.3) is 5.91 Å². The molecule has 0 N–H and O–H groups in total. The number of carbonyl (C=O) groups is 2. The summed E-state index contributed by atoms with van der Waals surface area (Å²) >= 11 is 0. The van der Waals surface area contributed by atoms with Crippen LogP contribution in [0.5, 0.6) is 0 Å². The number of hydroxylamine groups is 2. The van der Waals surface area contributed by atoms with Gasteiger partial charge in [-0.25, -0.2) is 4.79 Å². The Morgan fingerprint density at radius 1 is 1.15 bits per heavy atom. The molecular weight excluding hydrogens is 266 g/mol. The van der Waals surface area contributed by atoms with Gasteiger partial charge < -0.3 is 19.0 Å². The van der Waals surface area contributed by atoms with E-state index < -0.39 is 5.97 Å². The molecule has 20 heavy (non-hydrogen) atoms. The minimum atomic E-state index is -0.512. The molecule has 1 fully saturated rings. The van der Waals surface area contributed by atoms with Crippen molar-refractivity contribution in [3.63, 3.8) is 0 Å². The lowest BCUT2D eigenvalue weighted by Gasteiger charge is -2.15. The van der Waals surface area contributed by atoms with Crippen LogP contribution < -0.4 is 0 Å². The standard InChI is InChI=1S/C13H21NO6/c1-11-3-4-12(15)14(11)20-13(16)5-6-18-9-10-19-8-7-17-2/h1,3-10H2,2H3. The van der Waals surface area contributed by atoms with Crippen molar-refractivity contribution in [3.8, 4) is 0 Å². The fourth-order valence-electron chi connectivity index (χ4n) is 1.51. The van der Waals surface area contributed by atoms with E-state index in [1.54, 1.807) is 7.11 Å². The molecule has 0 aliphatic carbocycles. The summed E-state index contributed by atoms with van der Waals surface area (Å²) in [7, 11) is 1.60. The Morgan fingerprint density at radius 2 is 1.80 bits per heavy atom. The number of hydrogen-bond donors (Lipinski definition) is 0. The van der Waals surface area contributed by atoms with Crippen LogP contribution in [0.25, 0.3) is 0 Å². The van der Waals surface area contributed by atoms with Crippen molar-refractivity contribution in [1.29, 1.82) is 0 Å². The number of carbonyl (C=O) groups excluding carboxylic acids is 2. The van der Waals surface area contributed by atoms with Crippen molar-refractivity contribution in [1.82, 2.24) is 5.06 Å². The van der Waals surface area contributed by atoms with Crippen molar-refractivity contribution in [3.05, 3.63) is 12.3 Å². The quantitative estimate of drug-likeness (QED) is 0.549. The van der Waals surface area contributed by atoms with Gasteiger partial charge in [0, 0.05) is 13.5 Å². The fourth-order valence-corrected chi connectivity index (χ4v) is 1.51. The molecule has 1 aliphatic rings. The van der Waals surface area contributed by atoms with Gasteiger partial charge in [-0.05, 0) is 6.42 Å². The molecule has 1 aliphatic heterocycles. The number of ether oxygens (including phenoxy) is 3. The summed E-state index contributed by atoms with van der Waals surface area (Å²) in [6.45, 7) is 5.77. The van der Waals surface area contributed by atoms with Crippen LogP contribution in [0.2, 0.25) is 0 Å². The summed E-state index contributed by atoms with van der Waals surface area (Å²) in [6, 6.07) is 0. The lowest BCUT2D eigenvalue weighted by Crippen LogP contribution is -2.27. The van der Waals surface area contributed by atoms with Gasteiger partial charge in [0.2, 0.25) is 0 Å². The van der Waals surface area contributed by atoms with Crippen LogP contribution in [0.1, 0.15) is 19.3 Å². The smallest absolute Gasteiger partial charge is 0.335 e. The second-order valence-electron chi connectivity index (χ2n) is 4.19. The molecule has 0 unspecified atom stereocenters. The third-order valence-corrected chi connectivity index (χ3v) is 2.59. The molecule has 7 heteroatoms. The molecule has 0 bridgehead atoms. The Bertz CT molecular complexity index is 328. The Labute approximate surface area is 118 Å². The van der Waals surface area contributed by atoms with Gasteiger partial charge in [0.15, 0.2) is 0 Å². The predicted molar refractivity (Wildman–Crippen MR) is 69.4 cm³/mol. The average Bonchev–Trinajstić information content (AvgIpc) is 2.73. The van der Waals surface area contributed by atoms with Crippen LogP contribution in [0.3, 0.4) is 0 Å². The highest BCUT2D eigenvalue weighted by Crippen LogP contribution is 2.20. The number of hydrogen-bond acceptors (Lipinski definition) is 6. The van der Waals surface area contributed by atoms with Gasteiger partial charge >= 0.3 is 5.97 Å². The van der Waals surface area contributed by atoms with Crippen LogP contribution in [-0.2, 0) is 28.6 Å². The number of amides is 1. The van der Waals surface area contributed by atoms with Gasteiger partial charge in [0.1, 0.15) is 0 Å². The second-order valence-corrected chi connectivity index (χ2v) is 4.19. The SMILES string of the molecule is C=C1CCC(=O)N1OC(=O)CCOCCOCCOC. The van der Waals surface area contributed by atoms with Crippen LogP contribution in [0.15, 0.2) is 12.3 Å². The van der Waals surface area contributed by atoms with Crippen molar-refractivity contribution in [2.24, 2.45) is 0 Å². The fraction of sp³-hybridized carbons (Fsp3) is 0.692. The summed E-state index contributed by atoms with van der Waals surface area (Å²) in [4.78, 5) is 27.7. The van der Waals surface area contributed by atoms with Gasteiger partial charge in [-0.2, -0.15) is 0 Å². The molecular formula is C13H21NO6. The van der Waals surface area contributed by atoms with E-state index in [1.165, 1.54) is 0 Å². The lowest BCUT2D eigenvalue weighted by molar-refractivity contribution is -0.187. The van der Waals surface area contributed by atoms with E-state index in [9.17, 15) is 9.59 Å². The Kier molecular flexibility index (Phi) is 7.86. The normalized spacial score (nSPS) is 14.9. The number of methoxy groups -OCH3 is 1. The van der Waals surface area contributed by atoms with Gasteiger partial charge in [0.05, 0.1) is 45.2 Å². The van der Waals surface area contributed by atoms with Crippen molar-refractivity contribution < 1.29 is 28.6 Å². The predicted octanol–water partition coefficient (Wildman–Crippen LogP) is 0.650. The molecule has 114 valence electrons. The van der Waals surface area contributed by atoms with E-state index in [0.717, 1.165) is 5.06 Å². The largest absolute Gasteiger partial charge is 0.382 e. The third kappa shape index (κ3) is 6.14. The van der Waals surface area contributed by atoms with Crippen molar-refractivity contribution in [2.75, 3.05) is 40.1 Å². The maximum absolute atomic E-state index is 11.5. The molecule has 1 heterocycles. The molecule has 7 nitrogen and oxygen atoms in total. The molecule has 1 amide bonds.